The molecular weight excluding hydrogens is 348 g/mol. The van der Waals surface area contributed by atoms with Gasteiger partial charge in [0.2, 0.25) is 0 Å². The molecule has 0 bridgehead atoms. The molecule has 0 saturated heterocycles. The van der Waals surface area contributed by atoms with E-state index in [-0.39, 0.29) is 11.3 Å². The number of nitrogens with two attached hydrogens (primary N) is 2. The molecule has 1 unspecified atom stereocenters. The predicted molar refractivity (Wildman–Crippen MR) is 90.5 cm³/mol. The van der Waals surface area contributed by atoms with Crippen molar-refractivity contribution in [3.63, 3.8) is 0 Å². The Kier molecular flexibility index (Phi) is 4.88. The van der Waals surface area contributed by atoms with Crippen LogP contribution in [0.2, 0.25) is 0 Å². The van der Waals surface area contributed by atoms with Gasteiger partial charge in [0.1, 0.15) is 5.82 Å². The topological polar surface area (TPSA) is 77.8 Å². The minimum Gasteiger partial charge on any atom is -0.330 e. The second kappa shape index (κ2) is 6.97. The van der Waals surface area contributed by atoms with Gasteiger partial charge in [-0.05, 0) is 49.4 Å². The van der Waals surface area contributed by atoms with E-state index in [4.69, 9.17) is 11.5 Å². The molecule has 0 aliphatic heterocycles. The molecule has 0 radical (unpaired) electrons. The van der Waals surface area contributed by atoms with Crippen molar-refractivity contribution in [1.29, 1.82) is 0 Å². The van der Waals surface area contributed by atoms with Gasteiger partial charge in [0.05, 0.1) is 22.5 Å². The van der Waals surface area contributed by atoms with Crippen molar-refractivity contribution in [2.24, 2.45) is 11.5 Å². The summed E-state index contributed by atoms with van der Waals surface area (Å²) in [5.74, 6) is -1.33. The van der Waals surface area contributed by atoms with Crippen LogP contribution in [0.15, 0.2) is 42.6 Å². The van der Waals surface area contributed by atoms with Gasteiger partial charge < -0.3 is 11.5 Å². The summed E-state index contributed by atoms with van der Waals surface area (Å²) in [7, 11) is 0. The molecule has 0 saturated carbocycles. The summed E-state index contributed by atoms with van der Waals surface area (Å²) in [6.07, 6.45) is -2.78. The molecule has 1 atom stereocenters. The Labute approximate surface area is 146 Å². The number of nitrogens with zero attached hydrogens (tertiary/aromatic N) is 2. The van der Waals surface area contributed by atoms with Crippen LogP contribution in [-0.2, 0) is 6.18 Å². The summed E-state index contributed by atoms with van der Waals surface area (Å²) in [6.45, 7) is 0.337. The fourth-order valence-electron chi connectivity index (χ4n) is 2.75. The van der Waals surface area contributed by atoms with Gasteiger partial charge in [-0.25, -0.2) is 4.39 Å². The lowest BCUT2D eigenvalue weighted by molar-refractivity contribution is -0.139. The van der Waals surface area contributed by atoms with E-state index in [0.717, 1.165) is 12.1 Å². The number of alkyl halides is 3. The van der Waals surface area contributed by atoms with Crippen molar-refractivity contribution in [1.82, 2.24) is 9.97 Å². The van der Waals surface area contributed by atoms with Crippen molar-refractivity contribution in [2.75, 3.05) is 6.54 Å². The summed E-state index contributed by atoms with van der Waals surface area (Å²) in [5, 5.41) is 0.704. The van der Waals surface area contributed by atoms with E-state index in [1.165, 1.54) is 6.07 Å². The van der Waals surface area contributed by atoms with Crippen LogP contribution < -0.4 is 11.5 Å². The smallest absolute Gasteiger partial charge is 0.330 e. The number of fused-ring (bicyclic) bond motifs is 1. The largest absolute Gasteiger partial charge is 0.419 e. The third kappa shape index (κ3) is 3.51. The van der Waals surface area contributed by atoms with E-state index in [2.05, 4.69) is 9.97 Å². The molecule has 0 aliphatic rings. The molecule has 0 fully saturated rings. The average Bonchev–Trinajstić information content (AvgIpc) is 2.60. The van der Waals surface area contributed by atoms with Crippen LogP contribution in [0.5, 0.6) is 0 Å². The van der Waals surface area contributed by atoms with E-state index in [9.17, 15) is 17.6 Å². The molecule has 2 aromatic heterocycles. The molecule has 0 amide bonds. The quantitative estimate of drug-likeness (QED) is 0.690. The zero-order chi connectivity index (χ0) is 18.9. The first-order chi connectivity index (χ1) is 12.3. The number of pyridine rings is 2. The highest BCUT2D eigenvalue weighted by atomic mass is 19.4. The van der Waals surface area contributed by atoms with Gasteiger partial charge in [-0.2, -0.15) is 13.2 Å². The van der Waals surface area contributed by atoms with Gasteiger partial charge in [0.25, 0.3) is 0 Å². The lowest BCUT2D eigenvalue weighted by atomic mass is 10.0. The molecule has 136 valence electrons. The van der Waals surface area contributed by atoms with E-state index in [1.54, 1.807) is 24.4 Å². The van der Waals surface area contributed by atoms with E-state index < -0.39 is 23.6 Å². The molecule has 1 aromatic carbocycles. The zero-order valence-electron chi connectivity index (χ0n) is 13.6. The maximum Gasteiger partial charge on any atom is 0.419 e. The Balaban J connectivity index is 2.20. The SMILES string of the molecule is NCCC(N)c1nc(-c2ccc(F)c(C(F)(F)F)c2)cc2ncccc12. The van der Waals surface area contributed by atoms with Crippen molar-refractivity contribution in [3.8, 4) is 11.3 Å². The van der Waals surface area contributed by atoms with Gasteiger partial charge in [0, 0.05) is 23.2 Å². The van der Waals surface area contributed by atoms with E-state index in [0.29, 0.717) is 29.6 Å². The minimum absolute atomic E-state index is 0.132. The first-order valence-corrected chi connectivity index (χ1v) is 7.89. The second-order valence-corrected chi connectivity index (χ2v) is 5.84. The Morgan fingerprint density at radius 2 is 1.88 bits per heavy atom. The molecular formula is C18H16F4N4. The van der Waals surface area contributed by atoms with Crippen molar-refractivity contribution in [3.05, 3.63) is 59.7 Å². The van der Waals surface area contributed by atoms with Crippen LogP contribution in [0.25, 0.3) is 22.2 Å². The Hall–Kier alpha value is -2.58. The fraction of sp³-hybridized carbons (Fsp3) is 0.222. The zero-order valence-corrected chi connectivity index (χ0v) is 13.6. The molecule has 4 N–H and O–H groups in total. The van der Waals surface area contributed by atoms with Crippen LogP contribution in [0.3, 0.4) is 0 Å². The summed E-state index contributed by atoms with van der Waals surface area (Å²) in [5.41, 5.74) is 11.7. The van der Waals surface area contributed by atoms with Crippen molar-refractivity contribution < 1.29 is 17.6 Å². The fourth-order valence-corrected chi connectivity index (χ4v) is 2.75. The predicted octanol–water partition coefficient (Wildman–Crippen LogP) is 3.80. The maximum atomic E-state index is 13.6. The number of hydrogen-bond acceptors (Lipinski definition) is 4. The number of rotatable bonds is 4. The first kappa shape index (κ1) is 18.2. The van der Waals surface area contributed by atoms with Crippen LogP contribution >= 0.6 is 0 Å². The molecule has 0 aliphatic carbocycles. The van der Waals surface area contributed by atoms with Crippen LogP contribution in [0.4, 0.5) is 17.6 Å². The Morgan fingerprint density at radius 3 is 2.58 bits per heavy atom. The van der Waals surface area contributed by atoms with Gasteiger partial charge in [-0.15, -0.1) is 0 Å². The summed E-state index contributed by atoms with van der Waals surface area (Å²) in [4.78, 5) is 8.67. The molecule has 3 aromatic rings. The lowest BCUT2D eigenvalue weighted by Crippen LogP contribution is -2.17. The Morgan fingerprint density at radius 1 is 1.12 bits per heavy atom. The average molecular weight is 364 g/mol. The number of benzene rings is 1. The van der Waals surface area contributed by atoms with Gasteiger partial charge >= 0.3 is 6.18 Å². The van der Waals surface area contributed by atoms with Gasteiger partial charge in [-0.3, -0.25) is 9.97 Å². The number of hydrogen-bond donors (Lipinski definition) is 2. The third-order valence-electron chi connectivity index (χ3n) is 4.03. The van der Waals surface area contributed by atoms with E-state index >= 15 is 0 Å². The van der Waals surface area contributed by atoms with Crippen LogP contribution in [-0.4, -0.2) is 16.5 Å². The number of aromatic nitrogens is 2. The van der Waals surface area contributed by atoms with Crippen molar-refractivity contribution >= 4 is 10.9 Å². The number of halogens is 4. The van der Waals surface area contributed by atoms with Crippen molar-refractivity contribution in [2.45, 2.75) is 18.6 Å². The standard InChI is InChI=1S/C18H16F4N4/c19-13-4-3-10(8-12(13)18(20,21)22)15-9-16-11(2-1-7-25-16)17(26-15)14(24)5-6-23/h1-4,7-9,14H,5-6,23-24H2. The summed E-state index contributed by atoms with van der Waals surface area (Å²) < 4.78 is 52.6. The van der Waals surface area contributed by atoms with Gasteiger partial charge in [-0.1, -0.05) is 0 Å². The molecule has 3 rings (SSSR count). The molecule has 4 nitrogen and oxygen atoms in total. The molecule has 26 heavy (non-hydrogen) atoms. The summed E-state index contributed by atoms with van der Waals surface area (Å²) in [6, 6.07) is 7.35. The van der Waals surface area contributed by atoms with Gasteiger partial charge in [0.15, 0.2) is 0 Å². The summed E-state index contributed by atoms with van der Waals surface area (Å²) >= 11 is 0. The van der Waals surface area contributed by atoms with Crippen LogP contribution in [0, 0.1) is 5.82 Å². The maximum absolute atomic E-state index is 13.6. The van der Waals surface area contributed by atoms with E-state index in [1.807, 2.05) is 0 Å². The van der Waals surface area contributed by atoms with Crippen LogP contribution in [0.1, 0.15) is 23.7 Å². The lowest BCUT2D eigenvalue weighted by Gasteiger charge is -2.15. The monoisotopic (exact) mass is 364 g/mol. The highest BCUT2D eigenvalue weighted by Gasteiger charge is 2.34. The highest BCUT2D eigenvalue weighted by molar-refractivity contribution is 5.85. The minimum atomic E-state index is -4.80. The molecule has 8 heteroatoms. The Bertz CT molecular complexity index is 940. The first-order valence-electron chi connectivity index (χ1n) is 7.89. The normalized spacial score (nSPS) is 13.2. The molecule has 2 heterocycles. The second-order valence-electron chi connectivity index (χ2n) is 5.84. The highest BCUT2D eigenvalue weighted by Crippen LogP contribution is 2.35. The third-order valence-corrected chi connectivity index (χ3v) is 4.03. The molecule has 0 spiro atoms.